The van der Waals surface area contributed by atoms with Crippen molar-refractivity contribution in [1.82, 2.24) is 9.97 Å². The summed E-state index contributed by atoms with van der Waals surface area (Å²) >= 11 is 12.3. The van der Waals surface area contributed by atoms with Crippen molar-refractivity contribution >= 4 is 46.0 Å². The van der Waals surface area contributed by atoms with Crippen LogP contribution in [-0.2, 0) is 6.61 Å². The highest BCUT2D eigenvalue weighted by atomic mass is 35.5. The van der Waals surface area contributed by atoms with Crippen LogP contribution in [0, 0.1) is 6.92 Å². The number of hydrogen-bond acceptors (Lipinski definition) is 4. The summed E-state index contributed by atoms with van der Waals surface area (Å²) in [5.41, 5.74) is 3.08. The highest BCUT2D eigenvalue weighted by Gasteiger charge is 2.18. The minimum absolute atomic E-state index is 0.166. The van der Waals surface area contributed by atoms with E-state index in [0.717, 1.165) is 11.1 Å². The first kappa shape index (κ1) is 17.9. The van der Waals surface area contributed by atoms with Gasteiger partial charge in [-0.3, -0.25) is 9.98 Å². The minimum Gasteiger partial charge on any atom is -0.487 e. The summed E-state index contributed by atoms with van der Waals surface area (Å²) in [6.45, 7) is 2.02. The maximum atomic E-state index is 14.2. The molecule has 0 spiro atoms. The third kappa shape index (κ3) is 3.40. The van der Waals surface area contributed by atoms with E-state index >= 15 is 0 Å². The van der Waals surface area contributed by atoms with Gasteiger partial charge in [0.1, 0.15) is 29.4 Å². The molecule has 136 valence electrons. The molecular formula is C20H14Cl2FN3O. The number of benzene rings is 1. The van der Waals surface area contributed by atoms with Crippen molar-refractivity contribution in [1.29, 1.82) is 0 Å². The van der Waals surface area contributed by atoms with E-state index in [1.165, 1.54) is 12.4 Å². The van der Waals surface area contributed by atoms with Crippen LogP contribution in [0.1, 0.15) is 23.2 Å². The van der Waals surface area contributed by atoms with Crippen LogP contribution in [0.4, 0.5) is 4.39 Å². The maximum absolute atomic E-state index is 14.2. The van der Waals surface area contributed by atoms with Crippen LogP contribution >= 0.6 is 23.2 Å². The van der Waals surface area contributed by atoms with Gasteiger partial charge in [0.05, 0.1) is 10.0 Å². The lowest BCUT2D eigenvalue weighted by Crippen LogP contribution is -2.00. The lowest BCUT2D eigenvalue weighted by Gasteiger charge is -2.13. The van der Waals surface area contributed by atoms with Crippen molar-refractivity contribution in [2.45, 2.75) is 20.0 Å². The van der Waals surface area contributed by atoms with Gasteiger partial charge in [0.25, 0.3) is 0 Å². The van der Waals surface area contributed by atoms with Crippen LogP contribution in [0.5, 0.6) is 5.75 Å². The predicted octanol–water partition coefficient (Wildman–Crippen LogP) is 5.94. The molecule has 1 aromatic carbocycles. The average Bonchev–Trinajstić information content (AvgIpc) is 3.06. The van der Waals surface area contributed by atoms with E-state index in [9.17, 15) is 4.39 Å². The van der Waals surface area contributed by atoms with Gasteiger partial charge < -0.3 is 4.74 Å². The monoisotopic (exact) mass is 401 g/mol. The van der Waals surface area contributed by atoms with Crippen molar-refractivity contribution in [2.24, 2.45) is 4.99 Å². The van der Waals surface area contributed by atoms with Gasteiger partial charge in [0.15, 0.2) is 0 Å². The van der Waals surface area contributed by atoms with Gasteiger partial charge in [-0.1, -0.05) is 35.3 Å². The molecule has 0 fully saturated rings. The molecule has 2 aromatic heterocycles. The van der Waals surface area contributed by atoms with Gasteiger partial charge in [-0.25, -0.2) is 9.37 Å². The van der Waals surface area contributed by atoms with Gasteiger partial charge in [-0.05, 0) is 19.1 Å². The number of aryl methyl sites for hydroxylation is 1. The third-order valence-electron chi connectivity index (χ3n) is 4.26. The normalized spacial score (nSPS) is 13.6. The smallest absolute Gasteiger partial charge is 0.146 e. The molecule has 0 amide bonds. The van der Waals surface area contributed by atoms with Gasteiger partial charge in [-0.2, -0.15) is 0 Å². The second-order valence-electron chi connectivity index (χ2n) is 6.10. The third-order valence-corrected chi connectivity index (χ3v) is 4.91. The van der Waals surface area contributed by atoms with E-state index in [4.69, 9.17) is 27.9 Å². The Morgan fingerprint density at radius 1 is 1.19 bits per heavy atom. The first-order valence-corrected chi connectivity index (χ1v) is 9.03. The van der Waals surface area contributed by atoms with E-state index < -0.39 is 0 Å². The molecule has 3 aromatic rings. The van der Waals surface area contributed by atoms with Crippen LogP contribution in [0.2, 0.25) is 10.0 Å². The molecule has 0 aliphatic carbocycles. The van der Waals surface area contributed by atoms with Crippen molar-refractivity contribution < 1.29 is 9.13 Å². The van der Waals surface area contributed by atoms with Crippen molar-refractivity contribution in [3.05, 3.63) is 69.4 Å². The summed E-state index contributed by atoms with van der Waals surface area (Å²) in [4.78, 5) is 12.7. The molecule has 7 heteroatoms. The molecule has 1 aliphatic heterocycles. The summed E-state index contributed by atoms with van der Waals surface area (Å²) in [7, 11) is 0. The maximum Gasteiger partial charge on any atom is 0.146 e. The van der Waals surface area contributed by atoms with E-state index in [1.54, 1.807) is 6.21 Å². The van der Waals surface area contributed by atoms with Crippen molar-refractivity contribution in [2.75, 3.05) is 0 Å². The minimum atomic E-state index is -0.247. The number of hydrogen-bond donors (Lipinski definition) is 0. The largest absolute Gasteiger partial charge is 0.487 e. The van der Waals surface area contributed by atoms with Crippen LogP contribution in [-0.4, -0.2) is 16.2 Å². The van der Waals surface area contributed by atoms with Gasteiger partial charge in [0, 0.05) is 47.2 Å². The summed E-state index contributed by atoms with van der Waals surface area (Å²) in [5, 5.41) is 1.63. The first-order chi connectivity index (χ1) is 13.0. The second-order valence-corrected chi connectivity index (χ2v) is 6.92. The molecule has 4 rings (SSSR count). The first-order valence-electron chi connectivity index (χ1n) is 8.27. The number of nitrogens with zero attached hydrogens (tertiary/aromatic N) is 3. The van der Waals surface area contributed by atoms with E-state index in [2.05, 4.69) is 15.0 Å². The fourth-order valence-corrected chi connectivity index (χ4v) is 3.46. The zero-order chi connectivity index (χ0) is 19.0. The number of halogens is 3. The Kier molecular flexibility index (Phi) is 4.81. The Morgan fingerprint density at radius 2 is 1.96 bits per heavy atom. The average molecular weight is 402 g/mol. The quantitative estimate of drug-likeness (QED) is 0.543. The number of fused-ring (bicyclic) bond motifs is 1. The Morgan fingerprint density at radius 3 is 2.67 bits per heavy atom. The molecule has 0 saturated carbocycles. The molecule has 3 heterocycles. The molecule has 27 heavy (non-hydrogen) atoms. The zero-order valence-electron chi connectivity index (χ0n) is 14.3. The van der Waals surface area contributed by atoms with Gasteiger partial charge in [0.2, 0.25) is 0 Å². The van der Waals surface area contributed by atoms with Gasteiger partial charge in [-0.15, -0.1) is 0 Å². The Hall–Kier alpha value is -2.50. The number of para-hydroxylation sites is 1. The summed E-state index contributed by atoms with van der Waals surface area (Å²) in [6.07, 6.45) is 4.82. The highest BCUT2D eigenvalue weighted by molar-refractivity contribution is 6.35. The lowest BCUT2D eigenvalue weighted by atomic mass is 10.0. The molecule has 0 unspecified atom stereocenters. The highest BCUT2D eigenvalue weighted by Crippen LogP contribution is 2.35. The molecule has 1 aliphatic rings. The summed E-state index contributed by atoms with van der Waals surface area (Å²) < 4.78 is 20.1. The number of aliphatic imine (C=N–C) groups is 1. The Labute approximate surface area is 165 Å². The van der Waals surface area contributed by atoms with Gasteiger partial charge >= 0.3 is 0 Å². The number of allylic oxidation sites excluding steroid dienone is 1. The fourth-order valence-electron chi connectivity index (χ4n) is 2.99. The van der Waals surface area contributed by atoms with Crippen LogP contribution in [0.15, 0.2) is 47.5 Å². The molecule has 0 atom stereocenters. The molecule has 0 saturated heterocycles. The van der Waals surface area contributed by atoms with E-state index in [-0.39, 0.29) is 18.9 Å². The molecule has 0 N–H and O–H groups in total. The van der Waals surface area contributed by atoms with Crippen LogP contribution < -0.4 is 4.74 Å². The molecule has 0 bridgehead atoms. The fraction of sp³-hybridized carbons (Fsp3) is 0.150. The molecule has 0 radical (unpaired) electrons. The number of ether oxygens (including phenoxy) is 1. The molecule has 4 nitrogen and oxygen atoms in total. The zero-order valence-corrected chi connectivity index (χ0v) is 15.9. The number of aromatic nitrogens is 2. The molecular weight excluding hydrogens is 388 g/mol. The second kappa shape index (κ2) is 7.25. The lowest BCUT2D eigenvalue weighted by molar-refractivity contribution is 0.309. The topological polar surface area (TPSA) is 47.4 Å². The van der Waals surface area contributed by atoms with Crippen LogP contribution in [0.25, 0.3) is 16.6 Å². The SMILES string of the molecule is Cc1cc(C2=C(F)CC=N2)c2cccc(OCc3c(Cl)cncc3Cl)c2n1. The predicted molar refractivity (Wildman–Crippen MR) is 106 cm³/mol. The number of pyridine rings is 2. The van der Waals surface area contributed by atoms with Crippen LogP contribution in [0.3, 0.4) is 0 Å². The van der Waals surface area contributed by atoms with E-state index in [1.807, 2.05) is 31.2 Å². The summed E-state index contributed by atoms with van der Waals surface area (Å²) in [5.74, 6) is 0.313. The standard InChI is InChI=1S/C20H14Cl2FN3O/c1-11-7-13(19-17(23)5-6-25-19)12-3-2-4-18(20(12)26-11)27-10-14-15(21)8-24-9-16(14)22/h2-4,6-9H,5,10H2,1H3. The van der Waals surface area contributed by atoms with E-state index in [0.29, 0.717) is 38.1 Å². The Bertz CT molecular complexity index is 1090. The number of rotatable bonds is 4. The van der Waals surface area contributed by atoms with Crippen molar-refractivity contribution in [3.8, 4) is 5.75 Å². The summed E-state index contributed by atoms with van der Waals surface area (Å²) in [6, 6.07) is 7.36. The Balaban J connectivity index is 1.78. The van der Waals surface area contributed by atoms with Crippen molar-refractivity contribution in [3.63, 3.8) is 0 Å².